The predicted molar refractivity (Wildman–Crippen MR) is 74.5 cm³/mol. The second-order valence-corrected chi connectivity index (χ2v) is 5.28. The molecular weight excluding hydrogens is 294 g/mol. The Kier molecular flexibility index (Phi) is 3.31. The molecule has 0 radical (unpaired) electrons. The summed E-state index contributed by atoms with van der Waals surface area (Å²) in [6.45, 7) is 4.28. The third kappa shape index (κ3) is 2.63. The van der Waals surface area contributed by atoms with E-state index in [1.54, 1.807) is 6.92 Å². The van der Waals surface area contributed by atoms with Crippen LogP contribution in [0.15, 0.2) is 12.1 Å². The molecule has 0 fully saturated rings. The molecule has 1 aromatic heterocycles. The zero-order valence-electron chi connectivity index (χ0n) is 12.3. The van der Waals surface area contributed by atoms with E-state index in [0.717, 1.165) is 0 Å². The molecule has 6 nitrogen and oxygen atoms in total. The molecule has 2 aromatic rings. The third-order valence-corrected chi connectivity index (χ3v) is 3.00. The lowest BCUT2D eigenvalue weighted by atomic mass is 10.1. The van der Waals surface area contributed by atoms with Crippen molar-refractivity contribution in [1.29, 1.82) is 0 Å². The van der Waals surface area contributed by atoms with Crippen LogP contribution < -0.4 is 14.8 Å². The molecule has 2 heterocycles. The Bertz CT molecular complexity index is 732. The molecule has 8 heteroatoms. The minimum atomic E-state index is -1.74. The summed E-state index contributed by atoms with van der Waals surface area (Å²) in [5.41, 5.74) is -1.69. The van der Waals surface area contributed by atoms with Crippen molar-refractivity contribution in [3.63, 3.8) is 0 Å². The number of anilines is 2. The van der Waals surface area contributed by atoms with E-state index in [-0.39, 0.29) is 30.0 Å². The van der Waals surface area contributed by atoms with E-state index in [1.807, 2.05) is 0 Å². The molecule has 0 saturated carbocycles. The van der Waals surface area contributed by atoms with E-state index in [1.165, 1.54) is 26.0 Å². The molecule has 0 atom stereocenters. The summed E-state index contributed by atoms with van der Waals surface area (Å²) >= 11 is 0. The first-order valence-electron chi connectivity index (χ1n) is 6.62. The summed E-state index contributed by atoms with van der Waals surface area (Å²) in [6.07, 6.45) is 0. The van der Waals surface area contributed by atoms with Gasteiger partial charge in [-0.1, -0.05) is 0 Å². The number of halogens is 2. The number of aromatic nitrogens is 3. The molecule has 0 amide bonds. The number of rotatable bonds is 3. The molecule has 0 unspecified atom stereocenters. The highest BCUT2D eigenvalue weighted by molar-refractivity contribution is 5.69. The lowest BCUT2D eigenvalue weighted by Gasteiger charge is -2.15. The molecule has 0 saturated heterocycles. The molecule has 1 aliphatic rings. The Morgan fingerprint density at radius 2 is 1.95 bits per heavy atom. The molecule has 0 aliphatic carbocycles. The van der Waals surface area contributed by atoms with E-state index in [4.69, 9.17) is 9.47 Å². The quantitative estimate of drug-likeness (QED) is 0.940. The molecule has 1 N–H and O–H groups in total. The summed E-state index contributed by atoms with van der Waals surface area (Å²) in [4.78, 5) is 12.0. The fourth-order valence-electron chi connectivity index (χ4n) is 1.98. The van der Waals surface area contributed by atoms with E-state index in [9.17, 15) is 8.78 Å². The summed E-state index contributed by atoms with van der Waals surface area (Å²) < 4.78 is 38.5. The number of benzene rings is 1. The van der Waals surface area contributed by atoms with Gasteiger partial charge in [-0.2, -0.15) is 9.97 Å². The van der Waals surface area contributed by atoms with Gasteiger partial charge in [0.05, 0.1) is 0 Å². The smallest absolute Gasteiger partial charge is 0.231 e. The minimum Gasteiger partial charge on any atom is -0.454 e. The second-order valence-electron chi connectivity index (χ2n) is 5.28. The van der Waals surface area contributed by atoms with Crippen LogP contribution in [0, 0.1) is 12.7 Å². The van der Waals surface area contributed by atoms with Crippen molar-refractivity contribution < 1.29 is 18.3 Å². The van der Waals surface area contributed by atoms with Crippen molar-refractivity contribution in [1.82, 2.24) is 15.0 Å². The average Bonchev–Trinajstić information content (AvgIpc) is 2.89. The Labute approximate surface area is 125 Å². The topological polar surface area (TPSA) is 69.2 Å². The van der Waals surface area contributed by atoms with Crippen molar-refractivity contribution >= 4 is 11.6 Å². The van der Waals surface area contributed by atoms with Crippen LogP contribution in [-0.2, 0) is 5.67 Å². The Balaban J connectivity index is 2.01. The van der Waals surface area contributed by atoms with Gasteiger partial charge in [0.1, 0.15) is 11.5 Å². The van der Waals surface area contributed by atoms with E-state index in [2.05, 4.69) is 20.3 Å². The predicted octanol–water partition coefficient (Wildman–Crippen LogP) is 3.00. The zero-order valence-corrected chi connectivity index (χ0v) is 12.3. The molecular formula is C14H14F2N4O2. The van der Waals surface area contributed by atoms with Gasteiger partial charge in [-0.15, -0.1) is 0 Å². The molecule has 3 rings (SSSR count). The van der Waals surface area contributed by atoms with Gasteiger partial charge in [0.2, 0.25) is 12.7 Å². The van der Waals surface area contributed by atoms with Crippen molar-refractivity contribution in [3.05, 3.63) is 29.6 Å². The summed E-state index contributed by atoms with van der Waals surface area (Å²) in [5.74, 6) is 0.426. The first-order chi connectivity index (χ1) is 10.3. The highest BCUT2D eigenvalue weighted by Crippen LogP contribution is 2.41. The summed E-state index contributed by atoms with van der Waals surface area (Å²) in [5, 5.41) is 2.72. The van der Waals surface area contributed by atoms with Crippen LogP contribution >= 0.6 is 0 Å². The number of aryl methyl sites for hydroxylation is 1. The molecule has 116 valence electrons. The number of ether oxygens (including phenoxy) is 2. The zero-order chi connectivity index (χ0) is 15.9. The first kappa shape index (κ1) is 14.4. The average molecular weight is 308 g/mol. The van der Waals surface area contributed by atoms with Gasteiger partial charge in [-0.3, -0.25) is 0 Å². The first-order valence-corrected chi connectivity index (χ1v) is 6.62. The third-order valence-electron chi connectivity index (χ3n) is 3.00. The number of hydrogen-bond acceptors (Lipinski definition) is 6. The van der Waals surface area contributed by atoms with Crippen molar-refractivity contribution in [2.45, 2.75) is 26.4 Å². The van der Waals surface area contributed by atoms with Gasteiger partial charge in [-0.05, 0) is 32.9 Å². The lowest BCUT2D eigenvalue weighted by molar-refractivity contribution is 0.174. The number of alkyl halides is 1. The Hall–Kier alpha value is -2.51. The maximum Gasteiger partial charge on any atom is 0.231 e. The van der Waals surface area contributed by atoms with Gasteiger partial charge in [0.25, 0.3) is 0 Å². The maximum absolute atomic E-state index is 14.0. The maximum atomic E-state index is 14.0. The Morgan fingerprint density at radius 3 is 2.68 bits per heavy atom. The SMILES string of the molecule is Cc1nc(Nc2c(F)ccc3c2OCO3)nc(C(C)(C)F)n1. The van der Waals surface area contributed by atoms with Crippen molar-refractivity contribution in [3.8, 4) is 11.5 Å². The highest BCUT2D eigenvalue weighted by Gasteiger charge is 2.26. The van der Waals surface area contributed by atoms with Crippen LogP contribution in [0.5, 0.6) is 11.5 Å². The fraction of sp³-hybridized carbons (Fsp3) is 0.357. The van der Waals surface area contributed by atoms with Crippen molar-refractivity contribution in [2.24, 2.45) is 0 Å². The van der Waals surface area contributed by atoms with Gasteiger partial charge < -0.3 is 14.8 Å². The van der Waals surface area contributed by atoms with E-state index >= 15 is 0 Å². The largest absolute Gasteiger partial charge is 0.454 e. The summed E-state index contributed by atoms with van der Waals surface area (Å²) in [6, 6.07) is 2.71. The normalized spacial score (nSPS) is 13.3. The van der Waals surface area contributed by atoms with Gasteiger partial charge in [-0.25, -0.2) is 13.8 Å². The van der Waals surface area contributed by atoms with Crippen LogP contribution in [0.1, 0.15) is 25.5 Å². The number of nitrogens with one attached hydrogen (secondary N) is 1. The minimum absolute atomic E-state index is 0.00641. The molecule has 1 aromatic carbocycles. The van der Waals surface area contributed by atoms with Crippen LogP contribution in [-0.4, -0.2) is 21.7 Å². The van der Waals surface area contributed by atoms with Gasteiger partial charge in [0, 0.05) is 0 Å². The lowest BCUT2D eigenvalue weighted by Crippen LogP contribution is -2.17. The van der Waals surface area contributed by atoms with Gasteiger partial charge in [0.15, 0.2) is 28.8 Å². The monoisotopic (exact) mass is 308 g/mol. The fourth-order valence-corrected chi connectivity index (χ4v) is 1.98. The Morgan fingerprint density at radius 1 is 1.18 bits per heavy atom. The molecule has 1 aliphatic heterocycles. The number of hydrogen-bond donors (Lipinski definition) is 1. The summed E-state index contributed by atoms with van der Waals surface area (Å²) in [7, 11) is 0. The van der Waals surface area contributed by atoms with E-state index in [0.29, 0.717) is 11.6 Å². The van der Waals surface area contributed by atoms with Gasteiger partial charge >= 0.3 is 0 Å². The standard InChI is InChI=1S/C14H14F2N4O2/c1-7-17-12(14(2,3)16)20-13(18-7)19-10-8(15)4-5-9-11(10)22-6-21-9/h4-5H,6H2,1-3H3,(H,17,18,19,20). The molecule has 22 heavy (non-hydrogen) atoms. The molecule has 0 bridgehead atoms. The molecule has 0 spiro atoms. The second kappa shape index (κ2) is 5.04. The highest BCUT2D eigenvalue weighted by atomic mass is 19.1. The van der Waals surface area contributed by atoms with Crippen molar-refractivity contribution in [2.75, 3.05) is 12.1 Å². The van der Waals surface area contributed by atoms with Crippen LogP contribution in [0.4, 0.5) is 20.4 Å². The van der Waals surface area contributed by atoms with Crippen LogP contribution in [0.25, 0.3) is 0 Å². The number of fused-ring (bicyclic) bond motifs is 1. The van der Waals surface area contributed by atoms with Crippen LogP contribution in [0.2, 0.25) is 0 Å². The van der Waals surface area contributed by atoms with E-state index < -0.39 is 11.5 Å². The number of nitrogens with zero attached hydrogens (tertiary/aromatic N) is 3. The van der Waals surface area contributed by atoms with Crippen LogP contribution in [0.3, 0.4) is 0 Å².